The number of primary sulfonamides is 1. The van der Waals surface area contributed by atoms with Crippen molar-refractivity contribution >= 4 is 21.7 Å². The molecular formula is C17H21N3O4S. The Labute approximate surface area is 146 Å². The van der Waals surface area contributed by atoms with Crippen molar-refractivity contribution in [3.63, 3.8) is 0 Å². The highest BCUT2D eigenvalue weighted by molar-refractivity contribution is 7.89. The lowest BCUT2D eigenvalue weighted by Gasteiger charge is -2.18. The van der Waals surface area contributed by atoms with E-state index in [-0.39, 0.29) is 16.3 Å². The number of carboxylic acids is 1. The van der Waals surface area contributed by atoms with Crippen molar-refractivity contribution in [3.8, 4) is 11.3 Å². The zero-order valence-corrected chi connectivity index (χ0v) is 15.1. The van der Waals surface area contributed by atoms with Gasteiger partial charge in [-0.15, -0.1) is 0 Å². The molecule has 1 aromatic heterocycles. The van der Waals surface area contributed by atoms with Gasteiger partial charge in [-0.25, -0.2) is 23.3 Å². The number of pyridine rings is 1. The van der Waals surface area contributed by atoms with E-state index in [2.05, 4.69) is 4.98 Å². The van der Waals surface area contributed by atoms with Gasteiger partial charge in [0.25, 0.3) is 0 Å². The highest BCUT2D eigenvalue weighted by Gasteiger charge is 2.22. The van der Waals surface area contributed by atoms with Gasteiger partial charge < -0.3 is 10.8 Å². The van der Waals surface area contributed by atoms with Gasteiger partial charge in [-0.2, -0.15) is 0 Å². The fourth-order valence-electron chi connectivity index (χ4n) is 3.04. The molecule has 25 heavy (non-hydrogen) atoms. The number of sulfonamides is 1. The van der Waals surface area contributed by atoms with Crippen molar-refractivity contribution in [3.05, 3.63) is 40.6 Å². The zero-order valence-electron chi connectivity index (χ0n) is 14.3. The lowest BCUT2D eigenvalue weighted by atomic mass is 9.92. The highest BCUT2D eigenvalue weighted by atomic mass is 32.2. The third kappa shape index (κ3) is 3.49. The first kappa shape index (κ1) is 18.9. The molecule has 7 nitrogen and oxygen atoms in total. The average molecular weight is 363 g/mol. The Balaban J connectivity index is 2.88. The fourth-order valence-corrected chi connectivity index (χ4v) is 3.93. The van der Waals surface area contributed by atoms with Gasteiger partial charge in [0.15, 0.2) is 5.69 Å². The predicted octanol–water partition coefficient (Wildman–Crippen LogP) is 2.11. The van der Waals surface area contributed by atoms with Crippen LogP contribution in [0.4, 0.5) is 5.69 Å². The van der Waals surface area contributed by atoms with E-state index in [1.807, 2.05) is 20.8 Å². The van der Waals surface area contributed by atoms with E-state index in [1.54, 1.807) is 6.07 Å². The third-order valence-electron chi connectivity index (χ3n) is 4.21. The smallest absolute Gasteiger partial charge is 0.356 e. The molecule has 0 radical (unpaired) electrons. The quantitative estimate of drug-likeness (QED) is 0.744. The largest absolute Gasteiger partial charge is 0.476 e. The van der Waals surface area contributed by atoms with Gasteiger partial charge in [0, 0.05) is 5.56 Å². The van der Waals surface area contributed by atoms with Crippen molar-refractivity contribution in [1.29, 1.82) is 0 Å². The third-order valence-corrected chi connectivity index (χ3v) is 5.19. The Bertz CT molecular complexity index is 953. The van der Waals surface area contributed by atoms with Crippen LogP contribution in [0.1, 0.15) is 41.0 Å². The Morgan fingerprint density at radius 3 is 2.28 bits per heavy atom. The molecule has 2 rings (SSSR count). The van der Waals surface area contributed by atoms with E-state index in [0.717, 1.165) is 11.1 Å². The molecule has 0 saturated heterocycles. The van der Waals surface area contributed by atoms with E-state index in [4.69, 9.17) is 10.9 Å². The van der Waals surface area contributed by atoms with Crippen LogP contribution in [-0.2, 0) is 22.9 Å². The minimum Gasteiger partial charge on any atom is -0.476 e. The summed E-state index contributed by atoms with van der Waals surface area (Å²) in [7, 11) is -3.93. The summed E-state index contributed by atoms with van der Waals surface area (Å²) >= 11 is 0. The molecule has 0 saturated carbocycles. The molecule has 0 fully saturated rings. The molecule has 0 bridgehead atoms. The van der Waals surface area contributed by atoms with Gasteiger partial charge >= 0.3 is 5.97 Å². The van der Waals surface area contributed by atoms with Crippen LogP contribution in [0.3, 0.4) is 0 Å². The summed E-state index contributed by atoms with van der Waals surface area (Å²) < 4.78 is 24.1. The number of aromatic nitrogens is 1. The van der Waals surface area contributed by atoms with Gasteiger partial charge in [0.05, 0.1) is 16.3 Å². The Morgan fingerprint density at radius 1 is 1.20 bits per heavy atom. The number of nitrogens with two attached hydrogens (primary N) is 2. The second kappa shape index (κ2) is 6.81. The molecule has 0 spiro atoms. The predicted molar refractivity (Wildman–Crippen MR) is 95.9 cm³/mol. The molecule has 5 N–H and O–H groups in total. The minimum absolute atomic E-state index is 0.0430. The number of rotatable bonds is 5. The zero-order chi connectivity index (χ0) is 18.9. The topological polar surface area (TPSA) is 136 Å². The molecule has 0 aliphatic rings. The van der Waals surface area contributed by atoms with Gasteiger partial charge in [-0.1, -0.05) is 13.8 Å². The number of benzene rings is 1. The van der Waals surface area contributed by atoms with E-state index in [1.165, 1.54) is 12.1 Å². The number of hydrogen-bond acceptors (Lipinski definition) is 5. The molecule has 0 unspecified atom stereocenters. The normalized spacial score (nSPS) is 11.5. The molecule has 8 heteroatoms. The van der Waals surface area contributed by atoms with E-state index >= 15 is 0 Å². The first-order chi connectivity index (χ1) is 11.6. The van der Waals surface area contributed by atoms with Crippen molar-refractivity contribution in [2.24, 2.45) is 5.14 Å². The Morgan fingerprint density at radius 2 is 1.80 bits per heavy atom. The van der Waals surface area contributed by atoms with Gasteiger partial charge in [0.2, 0.25) is 10.0 Å². The first-order valence-corrected chi connectivity index (χ1v) is 9.34. The number of nitrogen functional groups attached to an aromatic ring is 1. The Kier molecular flexibility index (Phi) is 5.15. The maximum absolute atomic E-state index is 12.0. The summed E-state index contributed by atoms with van der Waals surface area (Å²) in [5, 5.41) is 14.6. The number of hydrogen-bond donors (Lipinski definition) is 3. The van der Waals surface area contributed by atoms with E-state index in [0.29, 0.717) is 29.7 Å². The van der Waals surface area contributed by atoms with Crippen LogP contribution in [0, 0.1) is 6.92 Å². The maximum atomic E-state index is 12.0. The number of carbonyl (C=O) groups is 1. The van der Waals surface area contributed by atoms with E-state index < -0.39 is 16.0 Å². The summed E-state index contributed by atoms with van der Waals surface area (Å²) in [6, 6.07) is 4.48. The van der Waals surface area contributed by atoms with Crippen LogP contribution in [-0.4, -0.2) is 24.5 Å². The molecule has 0 atom stereocenters. The fraction of sp³-hybridized carbons (Fsp3) is 0.294. The van der Waals surface area contributed by atoms with Crippen molar-refractivity contribution in [2.75, 3.05) is 5.73 Å². The standard InChI is InChI=1S/C17H21N3O4S/c1-4-10-9(3)12(8-15(11(10)5-2)25(19,23)24)14-7-6-13(18)16(20-14)17(21)22/h6-8H,4-5,18H2,1-3H3,(H,21,22)(H2,19,23,24). The molecule has 1 heterocycles. The summed E-state index contributed by atoms with van der Waals surface area (Å²) in [6.45, 7) is 5.66. The van der Waals surface area contributed by atoms with Crippen LogP contribution in [0.15, 0.2) is 23.1 Å². The molecule has 0 aliphatic carbocycles. The SMILES string of the molecule is CCc1c(S(N)(=O)=O)cc(-c2ccc(N)c(C(=O)O)n2)c(C)c1CC. The minimum atomic E-state index is -3.93. The number of nitrogens with zero attached hydrogens (tertiary/aromatic N) is 1. The van der Waals surface area contributed by atoms with Crippen LogP contribution < -0.4 is 10.9 Å². The highest BCUT2D eigenvalue weighted by Crippen LogP contribution is 2.33. The average Bonchev–Trinajstić information content (AvgIpc) is 2.53. The van der Waals surface area contributed by atoms with Crippen molar-refractivity contribution < 1.29 is 18.3 Å². The van der Waals surface area contributed by atoms with Crippen LogP contribution in [0.2, 0.25) is 0 Å². The van der Waals surface area contributed by atoms with Gasteiger partial charge in [-0.05, 0) is 54.7 Å². The van der Waals surface area contributed by atoms with Gasteiger partial charge in [-0.3, -0.25) is 0 Å². The van der Waals surface area contributed by atoms with Crippen LogP contribution in [0.25, 0.3) is 11.3 Å². The monoisotopic (exact) mass is 363 g/mol. The molecule has 1 aromatic carbocycles. The molecule has 0 aliphatic heterocycles. The second-order valence-electron chi connectivity index (χ2n) is 5.70. The summed E-state index contributed by atoms with van der Waals surface area (Å²) in [6.07, 6.45) is 1.14. The maximum Gasteiger partial charge on any atom is 0.356 e. The first-order valence-electron chi connectivity index (χ1n) is 7.80. The van der Waals surface area contributed by atoms with Crippen molar-refractivity contribution in [2.45, 2.75) is 38.5 Å². The summed E-state index contributed by atoms with van der Waals surface area (Å²) in [4.78, 5) is 15.4. The second-order valence-corrected chi connectivity index (χ2v) is 7.23. The summed E-state index contributed by atoms with van der Waals surface area (Å²) in [5.74, 6) is -1.25. The molecule has 0 amide bonds. The lowest BCUT2D eigenvalue weighted by Crippen LogP contribution is -2.17. The van der Waals surface area contributed by atoms with Crippen molar-refractivity contribution in [1.82, 2.24) is 4.98 Å². The number of carboxylic acid groups (broad SMARTS) is 1. The number of anilines is 1. The van der Waals surface area contributed by atoms with E-state index in [9.17, 15) is 18.3 Å². The Hall–Kier alpha value is -2.45. The molecule has 134 valence electrons. The number of aromatic carboxylic acids is 1. The van der Waals surface area contributed by atoms with Gasteiger partial charge in [0.1, 0.15) is 0 Å². The van der Waals surface area contributed by atoms with Crippen LogP contribution >= 0.6 is 0 Å². The molecular weight excluding hydrogens is 342 g/mol. The summed E-state index contributed by atoms with van der Waals surface area (Å²) in [5.41, 5.74) is 8.69. The molecule has 2 aromatic rings. The van der Waals surface area contributed by atoms with Crippen LogP contribution in [0.5, 0.6) is 0 Å². The lowest BCUT2D eigenvalue weighted by molar-refractivity contribution is 0.0692.